The SMILES string of the molecule is CC(F)C(F)(F)C(F)(F)C(F)(F)C(F)(F)C(F)(F)C(F)(F)S(=O)(=O)[O-].[K+]. The van der Waals surface area contributed by atoms with Crippen LogP contribution in [0.1, 0.15) is 6.92 Å². The molecule has 0 spiro atoms. The average molecular weight is 466 g/mol. The monoisotopic (exact) mass is 466 g/mol. The minimum atomic E-state index is -8.23. The normalized spacial score (nSPS) is 16.9. The molecule has 0 radical (unpaired) electrons. The summed E-state index contributed by atoms with van der Waals surface area (Å²) in [7, 11) is -7.85. The Hall–Kier alpha value is 0.636. The van der Waals surface area contributed by atoms with E-state index >= 15 is 0 Å². The minimum absolute atomic E-state index is 0. The average Bonchev–Trinajstić information content (AvgIpc) is 2.35. The van der Waals surface area contributed by atoms with E-state index in [4.69, 9.17) is 0 Å². The van der Waals surface area contributed by atoms with Crippen molar-refractivity contribution in [1.29, 1.82) is 0 Å². The van der Waals surface area contributed by atoms with Crippen LogP contribution >= 0.6 is 0 Å². The summed E-state index contributed by atoms with van der Waals surface area (Å²) in [4.78, 5) is 0. The number of alkyl halides is 13. The van der Waals surface area contributed by atoms with E-state index in [0.717, 1.165) is 0 Å². The summed E-state index contributed by atoms with van der Waals surface area (Å²) < 4.78 is 196. The first-order chi connectivity index (χ1) is 10.4. The van der Waals surface area contributed by atoms with E-state index in [0.29, 0.717) is 0 Å². The van der Waals surface area contributed by atoms with Gasteiger partial charge in [-0.2, -0.15) is 52.7 Å². The van der Waals surface area contributed by atoms with Gasteiger partial charge in [-0.05, 0) is 6.92 Å². The third-order valence-electron chi connectivity index (χ3n) is 2.78. The van der Waals surface area contributed by atoms with Crippen LogP contribution in [-0.4, -0.2) is 54.0 Å². The van der Waals surface area contributed by atoms with Crippen molar-refractivity contribution < 1.29 is 121 Å². The van der Waals surface area contributed by atoms with Crippen LogP contribution in [0, 0.1) is 0 Å². The number of halogens is 13. The van der Waals surface area contributed by atoms with Gasteiger partial charge in [0.1, 0.15) is 0 Å². The van der Waals surface area contributed by atoms with Crippen LogP contribution in [0.2, 0.25) is 0 Å². The molecule has 0 aliphatic heterocycles. The molecule has 1 unspecified atom stereocenters. The Morgan fingerprint density at radius 1 is 0.692 bits per heavy atom. The maximum absolute atomic E-state index is 13.0. The number of hydrogen-bond donors (Lipinski definition) is 0. The molecule has 0 aliphatic carbocycles. The zero-order valence-corrected chi connectivity index (χ0v) is 16.1. The molecular formula is C8H4F13KO3S. The van der Waals surface area contributed by atoms with E-state index in [9.17, 15) is 70.0 Å². The fourth-order valence-corrected chi connectivity index (χ4v) is 1.64. The molecule has 0 N–H and O–H groups in total. The van der Waals surface area contributed by atoms with E-state index in [2.05, 4.69) is 0 Å². The van der Waals surface area contributed by atoms with Crippen molar-refractivity contribution in [2.24, 2.45) is 0 Å². The summed E-state index contributed by atoms with van der Waals surface area (Å²) in [5, 5.41) is -7.61. The van der Waals surface area contributed by atoms with Gasteiger partial charge < -0.3 is 4.55 Å². The van der Waals surface area contributed by atoms with Crippen molar-refractivity contribution >= 4 is 10.1 Å². The van der Waals surface area contributed by atoms with Gasteiger partial charge in [0.25, 0.3) is 0 Å². The Morgan fingerprint density at radius 3 is 1.19 bits per heavy atom. The van der Waals surface area contributed by atoms with Crippen LogP contribution in [0.3, 0.4) is 0 Å². The molecule has 0 heterocycles. The standard InChI is InChI=1S/C8H5F13O3S.K/c1-2(9)3(10,11)4(12,13)5(14,15)6(16,17)7(18,19)8(20,21)25(22,23)24;/h2H,1H3,(H,22,23,24);/q;+1/p-1. The van der Waals surface area contributed by atoms with Gasteiger partial charge in [-0.3, -0.25) is 0 Å². The third-order valence-corrected chi connectivity index (χ3v) is 3.67. The molecule has 0 aromatic carbocycles. The first-order valence-electron chi connectivity index (χ1n) is 5.31. The van der Waals surface area contributed by atoms with Crippen molar-refractivity contribution in [2.45, 2.75) is 48.0 Å². The molecule has 0 rings (SSSR count). The number of rotatable bonds is 7. The van der Waals surface area contributed by atoms with Crippen molar-refractivity contribution in [3.63, 3.8) is 0 Å². The summed E-state index contributed by atoms with van der Waals surface area (Å²) in [6.45, 7) is -0.572. The smallest absolute Gasteiger partial charge is 0.743 e. The minimum Gasteiger partial charge on any atom is -0.743 e. The van der Waals surface area contributed by atoms with Crippen LogP contribution in [0.5, 0.6) is 0 Å². The van der Waals surface area contributed by atoms with E-state index in [1.54, 1.807) is 0 Å². The molecule has 0 bridgehead atoms. The van der Waals surface area contributed by atoms with Crippen molar-refractivity contribution in [1.82, 2.24) is 0 Å². The molecule has 18 heteroatoms. The van der Waals surface area contributed by atoms with E-state index < -0.39 is 58.1 Å². The fourth-order valence-electron chi connectivity index (χ4n) is 1.19. The van der Waals surface area contributed by atoms with Crippen LogP contribution in [0.25, 0.3) is 0 Å². The van der Waals surface area contributed by atoms with Crippen LogP contribution in [0.4, 0.5) is 57.1 Å². The second-order valence-electron chi connectivity index (χ2n) is 4.51. The van der Waals surface area contributed by atoms with Gasteiger partial charge in [-0.15, -0.1) is 0 Å². The molecule has 152 valence electrons. The predicted molar refractivity (Wildman–Crippen MR) is 49.9 cm³/mol. The summed E-state index contributed by atoms with van der Waals surface area (Å²) >= 11 is 0. The molecular weight excluding hydrogens is 462 g/mol. The van der Waals surface area contributed by atoms with Crippen molar-refractivity contribution in [3.8, 4) is 0 Å². The maximum atomic E-state index is 13.0. The van der Waals surface area contributed by atoms with Crippen LogP contribution < -0.4 is 51.4 Å². The van der Waals surface area contributed by atoms with Gasteiger partial charge in [0.2, 0.25) is 0 Å². The molecule has 0 aliphatic rings. The summed E-state index contributed by atoms with van der Waals surface area (Å²) in [6, 6.07) is 0. The van der Waals surface area contributed by atoms with Gasteiger partial charge in [0.05, 0.1) is 0 Å². The molecule has 26 heavy (non-hydrogen) atoms. The summed E-state index contributed by atoms with van der Waals surface area (Å²) in [6.07, 6.45) is -4.36. The molecule has 1 atom stereocenters. The molecule has 3 nitrogen and oxygen atoms in total. The van der Waals surface area contributed by atoms with Gasteiger partial charge >= 0.3 is 86.3 Å². The molecule has 0 fully saturated rings. The van der Waals surface area contributed by atoms with Crippen molar-refractivity contribution in [2.75, 3.05) is 0 Å². The molecule has 0 aromatic rings. The van der Waals surface area contributed by atoms with Crippen LogP contribution in [0.15, 0.2) is 0 Å². The quantitative estimate of drug-likeness (QED) is 0.315. The molecule has 0 aromatic heterocycles. The zero-order valence-electron chi connectivity index (χ0n) is 12.1. The first kappa shape index (κ1) is 28.8. The van der Waals surface area contributed by atoms with E-state index in [1.165, 1.54) is 0 Å². The van der Waals surface area contributed by atoms with E-state index in [1.807, 2.05) is 0 Å². The summed E-state index contributed by atoms with van der Waals surface area (Å²) in [5.41, 5.74) is 0. The van der Waals surface area contributed by atoms with Gasteiger partial charge in [-0.1, -0.05) is 0 Å². The summed E-state index contributed by atoms with van der Waals surface area (Å²) in [5.74, 6) is -38.9. The Kier molecular flexibility index (Phi) is 8.29. The Morgan fingerprint density at radius 2 is 0.962 bits per heavy atom. The Labute approximate surface area is 178 Å². The molecule has 0 saturated carbocycles. The molecule has 0 amide bonds. The Bertz CT molecular complexity index is 615. The maximum Gasteiger partial charge on any atom is 1.00 e. The fraction of sp³-hybridized carbons (Fsp3) is 1.00. The predicted octanol–water partition coefficient (Wildman–Crippen LogP) is 0.663. The second kappa shape index (κ2) is 7.47. The third kappa shape index (κ3) is 3.74. The zero-order chi connectivity index (χ0) is 21.1. The largest absolute Gasteiger partial charge is 1.00 e. The van der Waals surface area contributed by atoms with Gasteiger partial charge in [0.15, 0.2) is 16.3 Å². The van der Waals surface area contributed by atoms with Crippen LogP contribution in [-0.2, 0) is 10.1 Å². The van der Waals surface area contributed by atoms with E-state index in [-0.39, 0.29) is 51.4 Å². The Balaban J connectivity index is 0. The van der Waals surface area contributed by atoms with Crippen molar-refractivity contribution in [3.05, 3.63) is 0 Å². The van der Waals surface area contributed by atoms with Gasteiger partial charge in [0, 0.05) is 0 Å². The topological polar surface area (TPSA) is 57.2 Å². The van der Waals surface area contributed by atoms with Gasteiger partial charge in [-0.25, -0.2) is 12.8 Å². The second-order valence-corrected chi connectivity index (χ2v) is 5.93. The molecule has 0 saturated heterocycles. The first-order valence-corrected chi connectivity index (χ1v) is 6.71. The number of hydrogen-bond acceptors (Lipinski definition) is 3.